The standard InChI is InChI=1S/C13H22N2/c1-11(15)13(8-5-9-14)10-12-6-3-2-4-7-12/h2-4,6-7,11,13H,5,8-10,14-15H2,1H3. The van der Waals surface area contributed by atoms with Gasteiger partial charge in [-0.25, -0.2) is 0 Å². The van der Waals surface area contributed by atoms with Crippen LogP contribution in [0.1, 0.15) is 25.3 Å². The molecule has 2 atom stereocenters. The Balaban J connectivity index is 2.51. The van der Waals surface area contributed by atoms with Gasteiger partial charge in [-0.1, -0.05) is 30.3 Å². The maximum Gasteiger partial charge on any atom is 0.00419 e. The summed E-state index contributed by atoms with van der Waals surface area (Å²) in [7, 11) is 0. The van der Waals surface area contributed by atoms with Crippen LogP contribution in [0, 0.1) is 5.92 Å². The fourth-order valence-corrected chi connectivity index (χ4v) is 1.85. The Hall–Kier alpha value is -0.860. The molecule has 4 N–H and O–H groups in total. The molecule has 0 aliphatic heterocycles. The van der Waals surface area contributed by atoms with Crippen molar-refractivity contribution in [2.45, 2.75) is 32.2 Å². The summed E-state index contributed by atoms with van der Waals surface area (Å²) < 4.78 is 0. The van der Waals surface area contributed by atoms with Crippen molar-refractivity contribution in [3.05, 3.63) is 35.9 Å². The molecule has 0 aliphatic rings. The van der Waals surface area contributed by atoms with E-state index in [9.17, 15) is 0 Å². The van der Waals surface area contributed by atoms with Gasteiger partial charge in [-0.2, -0.15) is 0 Å². The molecule has 0 aliphatic carbocycles. The Morgan fingerprint density at radius 1 is 1.20 bits per heavy atom. The van der Waals surface area contributed by atoms with Crippen molar-refractivity contribution >= 4 is 0 Å². The average Bonchev–Trinajstić information content (AvgIpc) is 2.25. The Labute approximate surface area is 92.7 Å². The van der Waals surface area contributed by atoms with Gasteiger partial charge in [0.25, 0.3) is 0 Å². The van der Waals surface area contributed by atoms with Crippen LogP contribution in [0.4, 0.5) is 0 Å². The molecule has 2 unspecified atom stereocenters. The highest BCUT2D eigenvalue weighted by Crippen LogP contribution is 2.16. The number of rotatable bonds is 6. The Bertz CT molecular complexity index is 256. The topological polar surface area (TPSA) is 52.0 Å². The highest BCUT2D eigenvalue weighted by Gasteiger charge is 2.13. The third-order valence-electron chi connectivity index (χ3n) is 2.86. The first-order chi connectivity index (χ1) is 7.24. The minimum absolute atomic E-state index is 0.247. The van der Waals surface area contributed by atoms with Gasteiger partial charge in [-0.3, -0.25) is 0 Å². The normalized spacial score (nSPS) is 14.9. The largest absolute Gasteiger partial charge is 0.330 e. The molecule has 0 saturated carbocycles. The van der Waals surface area contributed by atoms with Crippen molar-refractivity contribution in [1.29, 1.82) is 0 Å². The minimum Gasteiger partial charge on any atom is -0.330 e. The lowest BCUT2D eigenvalue weighted by Gasteiger charge is -2.20. The van der Waals surface area contributed by atoms with E-state index in [-0.39, 0.29) is 6.04 Å². The van der Waals surface area contributed by atoms with Gasteiger partial charge in [0.15, 0.2) is 0 Å². The molecule has 1 aromatic carbocycles. The molecule has 15 heavy (non-hydrogen) atoms. The number of hydrogen-bond donors (Lipinski definition) is 2. The molecule has 0 bridgehead atoms. The van der Waals surface area contributed by atoms with Crippen molar-refractivity contribution in [2.24, 2.45) is 17.4 Å². The molecule has 0 amide bonds. The van der Waals surface area contributed by atoms with Crippen LogP contribution in [0.3, 0.4) is 0 Å². The van der Waals surface area contributed by atoms with E-state index in [0.29, 0.717) is 5.92 Å². The average molecular weight is 206 g/mol. The van der Waals surface area contributed by atoms with E-state index in [2.05, 4.69) is 31.2 Å². The second-order valence-corrected chi connectivity index (χ2v) is 4.24. The van der Waals surface area contributed by atoms with Gasteiger partial charge in [0.05, 0.1) is 0 Å². The van der Waals surface area contributed by atoms with Crippen molar-refractivity contribution in [3.63, 3.8) is 0 Å². The minimum atomic E-state index is 0.247. The van der Waals surface area contributed by atoms with Gasteiger partial charge in [0.2, 0.25) is 0 Å². The lowest BCUT2D eigenvalue weighted by molar-refractivity contribution is 0.402. The first-order valence-corrected chi connectivity index (χ1v) is 5.73. The van der Waals surface area contributed by atoms with Crippen LogP contribution in [0.15, 0.2) is 30.3 Å². The molecular weight excluding hydrogens is 184 g/mol. The molecule has 2 heteroatoms. The predicted octanol–water partition coefficient (Wildman–Crippen LogP) is 1.93. The molecule has 84 valence electrons. The molecule has 1 aromatic rings. The van der Waals surface area contributed by atoms with Gasteiger partial charge in [0, 0.05) is 6.04 Å². The summed E-state index contributed by atoms with van der Waals surface area (Å²) in [5.41, 5.74) is 12.9. The van der Waals surface area contributed by atoms with Crippen LogP contribution >= 0.6 is 0 Å². The molecule has 0 aromatic heterocycles. The molecule has 1 rings (SSSR count). The fraction of sp³-hybridized carbons (Fsp3) is 0.538. The van der Waals surface area contributed by atoms with Crippen molar-refractivity contribution in [3.8, 4) is 0 Å². The molecular formula is C13H22N2. The van der Waals surface area contributed by atoms with Gasteiger partial charge in [0.1, 0.15) is 0 Å². The van der Waals surface area contributed by atoms with E-state index < -0.39 is 0 Å². The number of nitrogens with two attached hydrogens (primary N) is 2. The van der Waals surface area contributed by atoms with E-state index in [1.807, 2.05) is 6.07 Å². The fourth-order valence-electron chi connectivity index (χ4n) is 1.85. The highest BCUT2D eigenvalue weighted by atomic mass is 14.6. The summed E-state index contributed by atoms with van der Waals surface area (Å²) >= 11 is 0. The number of hydrogen-bond acceptors (Lipinski definition) is 2. The third-order valence-corrected chi connectivity index (χ3v) is 2.86. The zero-order chi connectivity index (χ0) is 11.1. The summed E-state index contributed by atoms with van der Waals surface area (Å²) in [6.07, 6.45) is 3.26. The van der Waals surface area contributed by atoms with Crippen LogP contribution in [0.5, 0.6) is 0 Å². The summed E-state index contributed by atoms with van der Waals surface area (Å²) in [6.45, 7) is 2.85. The summed E-state index contributed by atoms with van der Waals surface area (Å²) in [6, 6.07) is 10.8. The maximum absolute atomic E-state index is 5.98. The molecule has 0 saturated heterocycles. The van der Waals surface area contributed by atoms with Crippen LogP contribution in [0.25, 0.3) is 0 Å². The lowest BCUT2D eigenvalue weighted by Crippen LogP contribution is -2.28. The molecule has 0 fully saturated rings. The Kier molecular flexibility index (Phi) is 5.37. The van der Waals surface area contributed by atoms with Crippen LogP contribution in [-0.2, 0) is 6.42 Å². The van der Waals surface area contributed by atoms with Crippen LogP contribution < -0.4 is 11.5 Å². The Morgan fingerprint density at radius 3 is 2.40 bits per heavy atom. The maximum atomic E-state index is 5.98. The first-order valence-electron chi connectivity index (χ1n) is 5.73. The lowest BCUT2D eigenvalue weighted by atomic mass is 9.89. The van der Waals surface area contributed by atoms with E-state index in [4.69, 9.17) is 11.5 Å². The van der Waals surface area contributed by atoms with Gasteiger partial charge < -0.3 is 11.5 Å². The molecule has 0 spiro atoms. The predicted molar refractivity (Wildman–Crippen MR) is 65.6 cm³/mol. The summed E-state index contributed by atoms with van der Waals surface area (Å²) in [5, 5.41) is 0. The quantitative estimate of drug-likeness (QED) is 0.747. The Morgan fingerprint density at radius 2 is 1.87 bits per heavy atom. The van der Waals surface area contributed by atoms with Gasteiger partial charge in [-0.15, -0.1) is 0 Å². The summed E-state index contributed by atoms with van der Waals surface area (Å²) in [4.78, 5) is 0. The first kappa shape index (κ1) is 12.2. The van der Waals surface area contributed by atoms with Gasteiger partial charge >= 0.3 is 0 Å². The highest BCUT2D eigenvalue weighted by molar-refractivity contribution is 5.15. The SMILES string of the molecule is CC(N)C(CCCN)Cc1ccccc1. The zero-order valence-electron chi connectivity index (χ0n) is 9.52. The summed E-state index contributed by atoms with van der Waals surface area (Å²) in [5.74, 6) is 0.552. The van der Waals surface area contributed by atoms with Crippen LogP contribution in [0.2, 0.25) is 0 Å². The third kappa shape index (κ3) is 4.45. The van der Waals surface area contributed by atoms with Gasteiger partial charge in [-0.05, 0) is 44.2 Å². The zero-order valence-corrected chi connectivity index (χ0v) is 9.52. The van der Waals surface area contributed by atoms with E-state index >= 15 is 0 Å². The second kappa shape index (κ2) is 6.59. The monoisotopic (exact) mass is 206 g/mol. The van der Waals surface area contributed by atoms with E-state index in [1.54, 1.807) is 0 Å². The van der Waals surface area contributed by atoms with E-state index in [1.165, 1.54) is 5.56 Å². The van der Waals surface area contributed by atoms with Crippen molar-refractivity contribution in [2.75, 3.05) is 6.54 Å². The van der Waals surface area contributed by atoms with Crippen molar-refractivity contribution < 1.29 is 0 Å². The molecule has 0 radical (unpaired) electrons. The number of benzene rings is 1. The van der Waals surface area contributed by atoms with Crippen LogP contribution in [-0.4, -0.2) is 12.6 Å². The molecule has 0 heterocycles. The van der Waals surface area contributed by atoms with Crippen molar-refractivity contribution in [1.82, 2.24) is 0 Å². The smallest absolute Gasteiger partial charge is 0.00419 e. The second-order valence-electron chi connectivity index (χ2n) is 4.24. The van der Waals surface area contributed by atoms with E-state index in [0.717, 1.165) is 25.8 Å². The molecule has 2 nitrogen and oxygen atoms in total.